The second-order valence-corrected chi connectivity index (χ2v) is 9.46. The van der Waals surface area contributed by atoms with Crippen molar-refractivity contribution in [2.24, 2.45) is 17.3 Å². The molecule has 0 saturated heterocycles. The molecule has 4 aliphatic carbocycles. The first-order valence-corrected chi connectivity index (χ1v) is 10.5. The molecule has 152 valence electrons. The van der Waals surface area contributed by atoms with Crippen LogP contribution in [0.3, 0.4) is 0 Å². The van der Waals surface area contributed by atoms with Crippen molar-refractivity contribution in [3.05, 3.63) is 29.6 Å². The highest BCUT2D eigenvalue weighted by Crippen LogP contribution is 2.64. The van der Waals surface area contributed by atoms with Crippen LogP contribution in [0.4, 0.5) is 0 Å². The molecule has 2 unspecified atom stereocenters. The van der Waals surface area contributed by atoms with Gasteiger partial charge in [-0.15, -0.1) is 10.2 Å². The maximum atomic E-state index is 13.4. The van der Waals surface area contributed by atoms with Gasteiger partial charge in [-0.05, 0) is 80.2 Å². The lowest BCUT2D eigenvalue weighted by Crippen LogP contribution is -2.61. The number of nitrogens with one attached hydrogen (secondary N) is 1. The summed E-state index contributed by atoms with van der Waals surface area (Å²) in [5, 5.41) is 16.2. The summed E-state index contributed by atoms with van der Waals surface area (Å²) in [6.07, 6.45) is 6.13. The average molecular weight is 395 g/mol. The van der Waals surface area contributed by atoms with Crippen molar-refractivity contribution in [1.29, 1.82) is 0 Å². The molecule has 8 heteroatoms. The lowest BCUT2D eigenvalue weighted by Gasteiger charge is -2.60. The molecule has 1 amide bonds. The summed E-state index contributed by atoms with van der Waals surface area (Å²) in [5.74, 6) is 3.52. The normalized spacial score (nSPS) is 33.8. The molecule has 0 spiro atoms. The number of tetrazole rings is 1. The van der Waals surface area contributed by atoms with Crippen LogP contribution in [0, 0.1) is 24.2 Å². The Morgan fingerprint density at radius 1 is 1.21 bits per heavy atom. The molecular weight excluding hydrogens is 370 g/mol. The minimum atomic E-state index is -0.318. The monoisotopic (exact) mass is 395 g/mol. The Morgan fingerprint density at radius 2 is 2.00 bits per heavy atom. The maximum Gasteiger partial charge on any atom is 0.231 e. The zero-order valence-corrected chi connectivity index (χ0v) is 16.6. The second kappa shape index (κ2) is 5.93. The van der Waals surface area contributed by atoms with Crippen LogP contribution in [0.25, 0.3) is 0 Å². The van der Waals surface area contributed by atoms with Crippen LogP contribution in [0.2, 0.25) is 0 Å². The van der Waals surface area contributed by atoms with Crippen molar-refractivity contribution in [3.63, 3.8) is 0 Å². The molecule has 4 saturated carbocycles. The van der Waals surface area contributed by atoms with Gasteiger partial charge in [0.25, 0.3) is 0 Å². The molecule has 4 bridgehead atoms. The van der Waals surface area contributed by atoms with E-state index in [1.165, 1.54) is 6.42 Å². The molecule has 8 nitrogen and oxygen atoms in total. The van der Waals surface area contributed by atoms with Gasteiger partial charge < -0.3 is 14.8 Å². The second-order valence-electron chi connectivity index (χ2n) is 9.46. The zero-order chi connectivity index (χ0) is 19.6. The molecule has 7 rings (SSSR count). The Bertz CT molecular complexity index is 972. The molecule has 1 N–H and O–H groups in total. The van der Waals surface area contributed by atoms with E-state index in [1.54, 1.807) is 0 Å². The van der Waals surface area contributed by atoms with Crippen LogP contribution in [-0.2, 0) is 16.9 Å². The van der Waals surface area contributed by atoms with Gasteiger partial charge in [0.2, 0.25) is 12.7 Å². The Labute approximate surface area is 168 Å². The lowest BCUT2D eigenvalue weighted by atomic mass is 9.46. The molecule has 4 atom stereocenters. The van der Waals surface area contributed by atoms with Crippen LogP contribution in [0.1, 0.15) is 49.9 Å². The van der Waals surface area contributed by atoms with Crippen LogP contribution in [0.5, 0.6) is 11.5 Å². The molecule has 0 radical (unpaired) electrons. The standard InChI is InChI=1S/C21H25N5O3/c1-13-23-25-26(24-13)21-8-15-4-16(9-21)7-20(6-15,11-21)19(27)22-10-14-2-3-17-18(5-14)29-12-28-17/h2-3,5,15-16H,4,6-12H2,1H3,(H,22,27)/t15-,16+,20?,21?. The van der Waals surface area contributed by atoms with E-state index >= 15 is 0 Å². The largest absolute Gasteiger partial charge is 0.454 e. The number of hydrogen-bond donors (Lipinski definition) is 1. The van der Waals surface area contributed by atoms with E-state index in [1.807, 2.05) is 29.9 Å². The van der Waals surface area contributed by atoms with Crippen molar-refractivity contribution in [2.45, 2.75) is 57.5 Å². The number of carbonyl (C=O) groups excluding carboxylic acids is 1. The average Bonchev–Trinajstić information content (AvgIpc) is 3.33. The van der Waals surface area contributed by atoms with Crippen LogP contribution in [-0.4, -0.2) is 32.9 Å². The minimum Gasteiger partial charge on any atom is -0.454 e. The summed E-state index contributed by atoms with van der Waals surface area (Å²) in [6.45, 7) is 2.63. The molecule has 2 heterocycles. The van der Waals surface area contributed by atoms with E-state index in [9.17, 15) is 4.79 Å². The summed E-state index contributed by atoms with van der Waals surface area (Å²) in [5.41, 5.74) is 0.555. The first-order chi connectivity index (χ1) is 14.0. The number of hydrogen-bond acceptors (Lipinski definition) is 6. The third-order valence-electron chi connectivity index (χ3n) is 7.34. The lowest BCUT2D eigenvalue weighted by molar-refractivity contribution is -0.157. The van der Waals surface area contributed by atoms with E-state index in [0.29, 0.717) is 24.2 Å². The number of fused-ring (bicyclic) bond motifs is 1. The number of ether oxygens (including phenoxy) is 2. The summed E-state index contributed by atoms with van der Waals surface area (Å²) in [7, 11) is 0. The van der Waals surface area contributed by atoms with Gasteiger partial charge in [-0.25, -0.2) is 0 Å². The molecule has 1 aliphatic heterocycles. The van der Waals surface area contributed by atoms with E-state index < -0.39 is 0 Å². The van der Waals surface area contributed by atoms with E-state index in [4.69, 9.17) is 9.47 Å². The number of aryl methyl sites for hydroxylation is 1. The molecule has 29 heavy (non-hydrogen) atoms. The fourth-order valence-electron chi connectivity index (χ4n) is 6.62. The zero-order valence-electron chi connectivity index (χ0n) is 16.6. The van der Waals surface area contributed by atoms with Crippen molar-refractivity contribution in [1.82, 2.24) is 25.5 Å². The topological polar surface area (TPSA) is 91.2 Å². The summed E-state index contributed by atoms with van der Waals surface area (Å²) < 4.78 is 10.8. The molecule has 5 aliphatic rings. The van der Waals surface area contributed by atoms with Gasteiger partial charge in [0, 0.05) is 6.54 Å². The van der Waals surface area contributed by atoms with Crippen LogP contribution >= 0.6 is 0 Å². The van der Waals surface area contributed by atoms with Crippen molar-refractivity contribution in [2.75, 3.05) is 6.79 Å². The number of amides is 1. The predicted octanol–water partition coefficient (Wildman–Crippen LogP) is 2.32. The highest BCUT2D eigenvalue weighted by Gasteiger charge is 2.62. The molecule has 1 aromatic carbocycles. The Morgan fingerprint density at radius 3 is 2.76 bits per heavy atom. The minimum absolute atomic E-state index is 0.151. The first kappa shape index (κ1) is 17.2. The van der Waals surface area contributed by atoms with Crippen LogP contribution < -0.4 is 14.8 Å². The van der Waals surface area contributed by atoms with E-state index in [-0.39, 0.29) is 23.7 Å². The predicted molar refractivity (Wildman–Crippen MR) is 102 cm³/mol. The van der Waals surface area contributed by atoms with Crippen molar-refractivity contribution >= 4 is 5.91 Å². The highest BCUT2D eigenvalue weighted by atomic mass is 16.7. The van der Waals surface area contributed by atoms with Gasteiger partial charge in [0.1, 0.15) is 0 Å². The SMILES string of the molecule is Cc1nnn(C23C[C@@H]4C[C@@H](CC(C(=O)NCc5ccc6c(c5)OCO6)(C4)C2)C3)n1. The molecule has 1 aromatic heterocycles. The molecular formula is C21H25N5O3. The number of carbonyl (C=O) groups is 1. The van der Waals surface area contributed by atoms with E-state index in [2.05, 4.69) is 20.7 Å². The Hall–Kier alpha value is -2.64. The Balaban J connectivity index is 1.23. The van der Waals surface area contributed by atoms with Gasteiger partial charge in [0.15, 0.2) is 17.3 Å². The number of aromatic nitrogens is 4. The number of benzene rings is 1. The smallest absolute Gasteiger partial charge is 0.231 e. The summed E-state index contributed by atoms with van der Waals surface area (Å²) >= 11 is 0. The maximum absolute atomic E-state index is 13.4. The number of nitrogens with zero attached hydrogens (tertiary/aromatic N) is 4. The van der Waals surface area contributed by atoms with Crippen LogP contribution in [0.15, 0.2) is 18.2 Å². The first-order valence-electron chi connectivity index (χ1n) is 10.5. The summed E-state index contributed by atoms with van der Waals surface area (Å²) in [4.78, 5) is 15.3. The van der Waals surface area contributed by atoms with E-state index in [0.717, 1.165) is 49.2 Å². The Kier molecular flexibility index (Phi) is 3.53. The van der Waals surface area contributed by atoms with Gasteiger partial charge in [-0.3, -0.25) is 4.79 Å². The fourth-order valence-corrected chi connectivity index (χ4v) is 6.62. The fraction of sp³-hybridized carbons (Fsp3) is 0.619. The third-order valence-corrected chi connectivity index (χ3v) is 7.34. The van der Waals surface area contributed by atoms with Gasteiger partial charge in [-0.2, -0.15) is 4.80 Å². The summed E-state index contributed by atoms with van der Waals surface area (Å²) in [6, 6.07) is 5.84. The number of rotatable bonds is 4. The molecule has 2 aromatic rings. The highest BCUT2D eigenvalue weighted by molar-refractivity contribution is 5.83. The van der Waals surface area contributed by atoms with Crippen molar-refractivity contribution in [3.8, 4) is 11.5 Å². The third kappa shape index (κ3) is 2.64. The quantitative estimate of drug-likeness (QED) is 0.854. The molecule has 4 fully saturated rings. The van der Waals surface area contributed by atoms with Gasteiger partial charge in [0.05, 0.1) is 11.0 Å². The van der Waals surface area contributed by atoms with Gasteiger partial charge in [-0.1, -0.05) is 6.07 Å². The van der Waals surface area contributed by atoms with Gasteiger partial charge >= 0.3 is 0 Å². The van der Waals surface area contributed by atoms with Crippen molar-refractivity contribution < 1.29 is 14.3 Å².